The molecule has 1 rings (SSSR count). The molecule has 0 amide bonds. The van der Waals surface area contributed by atoms with Crippen molar-refractivity contribution in [2.24, 2.45) is 17.3 Å². The van der Waals surface area contributed by atoms with Crippen molar-refractivity contribution in [3.63, 3.8) is 0 Å². The Kier molecular flexibility index (Phi) is 1.29. The fraction of sp³-hybridized carbons (Fsp3) is 0.750. The first-order chi connectivity index (χ1) is 4.14. The van der Waals surface area contributed by atoms with E-state index in [1.54, 1.807) is 0 Å². The van der Waals surface area contributed by atoms with Crippen molar-refractivity contribution in [1.29, 1.82) is 0 Å². The number of aliphatic hydroxyl groups is 1. The van der Waals surface area contributed by atoms with Crippen molar-refractivity contribution < 1.29 is 5.11 Å². The molecule has 1 N–H and O–H groups in total. The lowest BCUT2D eigenvalue weighted by Crippen LogP contribution is -1.93. The molecule has 1 aliphatic rings. The van der Waals surface area contributed by atoms with Crippen molar-refractivity contribution in [2.45, 2.75) is 13.8 Å². The largest absolute Gasteiger partial charge is 0.396 e. The summed E-state index contributed by atoms with van der Waals surface area (Å²) in [4.78, 5) is 0. The molecule has 1 nitrogen and oxygen atoms in total. The van der Waals surface area contributed by atoms with Crippen LogP contribution in [0, 0.1) is 29.6 Å². The summed E-state index contributed by atoms with van der Waals surface area (Å²) in [6.07, 6.45) is 5.21. The minimum atomic E-state index is 0.198. The van der Waals surface area contributed by atoms with Gasteiger partial charge in [0.1, 0.15) is 0 Å². The Labute approximate surface area is 56.1 Å². The minimum Gasteiger partial charge on any atom is -0.396 e. The summed E-state index contributed by atoms with van der Waals surface area (Å²) in [5.41, 5.74) is 0.198. The summed E-state index contributed by atoms with van der Waals surface area (Å²) in [6, 6.07) is 0. The van der Waals surface area contributed by atoms with Crippen molar-refractivity contribution in [2.75, 3.05) is 6.61 Å². The fourth-order valence-corrected chi connectivity index (χ4v) is 1.42. The molecule has 0 aromatic heterocycles. The molecule has 0 radical (unpaired) electrons. The summed E-state index contributed by atoms with van der Waals surface area (Å²) >= 11 is 0. The van der Waals surface area contributed by atoms with Gasteiger partial charge in [0, 0.05) is 18.4 Å². The van der Waals surface area contributed by atoms with Crippen molar-refractivity contribution in [3.8, 4) is 12.3 Å². The monoisotopic (exact) mass is 124 g/mol. The molecule has 1 fully saturated rings. The Morgan fingerprint density at radius 2 is 2.22 bits per heavy atom. The van der Waals surface area contributed by atoms with Gasteiger partial charge in [-0.1, -0.05) is 13.8 Å². The number of hydrogen-bond acceptors (Lipinski definition) is 1. The van der Waals surface area contributed by atoms with E-state index in [1.807, 2.05) is 0 Å². The predicted octanol–water partition coefficient (Wildman–Crippen LogP) is 0.884. The Hall–Kier alpha value is -0.480. The molecule has 9 heavy (non-hydrogen) atoms. The van der Waals surface area contributed by atoms with Crippen LogP contribution in [0.4, 0.5) is 0 Å². The number of aliphatic hydroxyl groups excluding tert-OH is 1. The lowest BCUT2D eigenvalue weighted by atomic mass is 10.1. The summed E-state index contributed by atoms with van der Waals surface area (Å²) in [5.74, 6) is 3.33. The van der Waals surface area contributed by atoms with E-state index < -0.39 is 0 Å². The van der Waals surface area contributed by atoms with E-state index in [-0.39, 0.29) is 12.0 Å². The smallest absolute Gasteiger partial charge is 0.0476 e. The van der Waals surface area contributed by atoms with Gasteiger partial charge >= 0.3 is 0 Å². The van der Waals surface area contributed by atoms with Gasteiger partial charge in [-0.15, -0.1) is 12.3 Å². The lowest BCUT2D eigenvalue weighted by Gasteiger charge is -1.95. The van der Waals surface area contributed by atoms with E-state index in [2.05, 4.69) is 19.8 Å². The maximum atomic E-state index is 8.75. The van der Waals surface area contributed by atoms with Crippen molar-refractivity contribution >= 4 is 0 Å². The molecule has 0 unspecified atom stereocenters. The molecule has 0 aromatic carbocycles. The van der Waals surface area contributed by atoms with Crippen molar-refractivity contribution in [1.82, 2.24) is 0 Å². The lowest BCUT2D eigenvalue weighted by molar-refractivity contribution is 0.256. The van der Waals surface area contributed by atoms with Gasteiger partial charge in [0.05, 0.1) is 0 Å². The Balaban J connectivity index is 2.57. The van der Waals surface area contributed by atoms with Crippen LogP contribution in [0.1, 0.15) is 13.8 Å². The standard InChI is InChI=1S/C8H12O/c1-4-6-7(5-9)8(6,2)3/h1,6-7,9H,5H2,2-3H3/t6-,7+/m0/s1. The summed E-state index contributed by atoms with van der Waals surface area (Å²) in [5, 5.41) is 8.75. The van der Waals surface area contributed by atoms with Crippen LogP contribution < -0.4 is 0 Å². The Bertz CT molecular complexity index is 152. The van der Waals surface area contributed by atoms with E-state index in [0.29, 0.717) is 11.8 Å². The number of hydrogen-bond donors (Lipinski definition) is 1. The van der Waals surface area contributed by atoms with Crippen molar-refractivity contribution in [3.05, 3.63) is 0 Å². The first kappa shape index (κ1) is 6.64. The van der Waals surface area contributed by atoms with E-state index in [9.17, 15) is 0 Å². The zero-order valence-corrected chi connectivity index (χ0v) is 5.89. The second kappa shape index (κ2) is 1.75. The van der Waals surface area contributed by atoms with Crippen LogP contribution in [0.25, 0.3) is 0 Å². The van der Waals surface area contributed by atoms with Crippen LogP contribution in [0.2, 0.25) is 0 Å². The molecule has 1 heteroatoms. The molecule has 0 saturated heterocycles. The topological polar surface area (TPSA) is 20.2 Å². The SMILES string of the molecule is C#C[C@H]1[C@@H](CO)C1(C)C. The molecule has 0 spiro atoms. The van der Waals surface area contributed by atoms with Crippen LogP contribution in [0.3, 0.4) is 0 Å². The summed E-state index contributed by atoms with van der Waals surface area (Å²) in [7, 11) is 0. The molecule has 2 atom stereocenters. The molecule has 50 valence electrons. The van der Waals surface area contributed by atoms with Gasteiger partial charge in [0.2, 0.25) is 0 Å². The maximum Gasteiger partial charge on any atom is 0.0476 e. The third kappa shape index (κ3) is 0.746. The maximum absolute atomic E-state index is 8.75. The first-order valence-corrected chi connectivity index (χ1v) is 3.21. The van der Waals surface area contributed by atoms with Gasteiger partial charge in [-0.05, 0) is 5.41 Å². The predicted molar refractivity (Wildman–Crippen MR) is 36.7 cm³/mol. The zero-order valence-electron chi connectivity index (χ0n) is 5.89. The molecule has 0 aromatic rings. The van der Waals surface area contributed by atoms with Gasteiger partial charge < -0.3 is 5.11 Å². The molecule has 1 saturated carbocycles. The highest BCUT2D eigenvalue weighted by atomic mass is 16.3. The summed E-state index contributed by atoms with van der Waals surface area (Å²) in [6.45, 7) is 4.43. The van der Waals surface area contributed by atoms with Gasteiger partial charge in [-0.25, -0.2) is 0 Å². The quantitative estimate of drug-likeness (QED) is 0.514. The van der Waals surface area contributed by atoms with Crippen LogP contribution in [-0.4, -0.2) is 11.7 Å². The second-order valence-corrected chi connectivity index (χ2v) is 3.25. The summed E-state index contributed by atoms with van der Waals surface area (Å²) < 4.78 is 0. The fourth-order valence-electron chi connectivity index (χ4n) is 1.42. The average molecular weight is 124 g/mol. The molecular weight excluding hydrogens is 112 g/mol. The highest BCUT2D eigenvalue weighted by Gasteiger charge is 2.56. The molecule has 0 heterocycles. The van der Waals surface area contributed by atoms with E-state index in [0.717, 1.165) is 0 Å². The van der Waals surface area contributed by atoms with Crippen LogP contribution in [0.15, 0.2) is 0 Å². The highest BCUT2D eigenvalue weighted by molar-refractivity contribution is 5.18. The average Bonchev–Trinajstić information content (AvgIpc) is 2.32. The van der Waals surface area contributed by atoms with Gasteiger partial charge in [-0.2, -0.15) is 0 Å². The highest BCUT2D eigenvalue weighted by Crippen LogP contribution is 2.57. The Morgan fingerprint density at radius 3 is 2.33 bits per heavy atom. The number of rotatable bonds is 1. The molecule has 0 aliphatic heterocycles. The second-order valence-electron chi connectivity index (χ2n) is 3.25. The molecular formula is C8H12O. The van der Waals surface area contributed by atoms with E-state index >= 15 is 0 Å². The van der Waals surface area contributed by atoms with Gasteiger partial charge in [0.15, 0.2) is 0 Å². The first-order valence-electron chi connectivity index (χ1n) is 3.21. The normalized spacial score (nSPS) is 37.6. The number of terminal acetylenes is 1. The Morgan fingerprint density at radius 1 is 1.67 bits per heavy atom. The van der Waals surface area contributed by atoms with E-state index in [1.165, 1.54) is 0 Å². The van der Waals surface area contributed by atoms with Crippen LogP contribution in [-0.2, 0) is 0 Å². The van der Waals surface area contributed by atoms with Crippen LogP contribution >= 0.6 is 0 Å². The third-order valence-corrected chi connectivity index (χ3v) is 2.43. The van der Waals surface area contributed by atoms with Gasteiger partial charge in [-0.3, -0.25) is 0 Å². The van der Waals surface area contributed by atoms with E-state index in [4.69, 9.17) is 11.5 Å². The molecule has 0 bridgehead atoms. The van der Waals surface area contributed by atoms with Gasteiger partial charge in [0.25, 0.3) is 0 Å². The zero-order chi connectivity index (χ0) is 7.07. The van der Waals surface area contributed by atoms with Crippen LogP contribution in [0.5, 0.6) is 0 Å². The minimum absolute atomic E-state index is 0.198. The third-order valence-electron chi connectivity index (χ3n) is 2.43. The molecule has 1 aliphatic carbocycles.